The van der Waals surface area contributed by atoms with E-state index in [0.717, 1.165) is 33.9 Å². The van der Waals surface area contributed by atoms with Gasteiger partial charge in [-0.15, -0.1) is 0 Å². The summed E-state index contributed by atoms with van der Waals surface area (Å²) in [5, 5.41) is 15.3. The molecule has 4 aromatic rings. The molecule has 2 heterocycles. The lowest BCUT2D eigenvalue weighted by molar-refractivity contribution is -0.117. The third-order valence-electron chi connectivity index (χ3n) is 4.78. The lowest BCUT2D eigenvalue weighted by Gasteiger charge is -2.06. The fraction of sp³-hybridized carbons (Fsp3) is 0.200. The van der Waals surface area contributed by atoms with Crippen LogP contribution in [0.1, 0.15) is 18.4 Å². The van der Waals surface area contributed by atoms with Crippen LogP contribution < -0.4 is 10.6 Å². The maximum atomic E-state index is 12.6. The molecule has 0 aliphatic heterocycles. The summed E-state index contributed by atoms with van der Waals surface area (Å²) < 4.78 is 0.720. The molecule has 2 aromatic heterocycles. The van der Waals surface area contributed by atoms with Gasteiger partial charge in [0.25, 0.3) is 0 Å². The Balaban J connectivity index is 1.33. The van der Waals surface area contributed by atoms with Crippen LogP contribution in [-0.4, -0.2) is 27.0 Å². The lowest BCUT2D eigenvalue weighted by atomic mass is 10.0. The van der Waals surface area contributed by atoms with Crippen LogP contribution in [0.5, 0.6) is 0 Å². The number of carbonyl (C=O) groups is 2. The molecular formula is C20H17N5O2S. The second-order valence-corrected chi connectivity index (χ2v) is 7.89. The molecule has 28 heavy (non-hydrogen) atoms. The number of anilines is 2. The average molecular weight is 391 g/mol. The van der Waals surface area contributed by atoms with Gasteiger partial charge in [0.05, 0.1) is 6.42 Å². The molecule has 0 saturated heterocycles. The van der Waals surface area contributed by atoms with Crippen molar-refractivity contribution < 1.29 is 9.59 Å². The van der Waals surface area contributed by atoms with E-state index in [9.17, 15) is 9.59 Å². The van der Waals surface area contributed by atoms with E-state index in [1.807, 2.05) is 42.5 Å². The van der Waals surface area contributed by atoms with E-state index in [1.54, 1.807) is 0 Å². The van der Waals surface area contributed by atoms with Crippen molar-refractivity contribution in [2.75, 3.05) is 10.6 Å². The van der Waals surface area contributed by atoms with Crippen LogP contribution in [0, 0.1) is 5.92 Å². The van der Waals surface area contributed by atoms with E-state index in [0.29, 0.717) is 16.6 Å². The van der Waals surface area contributed by atoms with Gasteiger partial charge in [-0.2, -0.15) is 5.10 Å². The lowest BCUT2D eigenvalue weighted by Crippen LogP contribution is -2.15. The minimum absolute atomic E-state index is 0.00547. The van der Waals surface area contributed by atoms with E-state index in [4.69, 9.17) is 0 Å². The summed E-state index contributed by atoms with van der Waals surface area (Å²) in [7, 11) is 0. The van der Waals surface area contributed by atoms with Crippen molar-refractivity contribution in [2.24, 2.45) is 5.92 Å². The molecule has 7 nitrogen and oxygen atoms in total. The summed E-state index contributed by atoms with van der Waals surface area (Å²) >= 11 is 1.30. The third-order valence-corrected chi connectivity index (χ3v) is 5.76. The van der Waals surface area contributed by atoms with Gasteiger partial charge in [0.1, 0.15) is 4.70 Å². The van der Waals surface area contributed by atoms with Gasteiger partial charge in [-0.1, -0.05) is 53.8 Å². The van der Waals surface area contributed by atoms with Crippen molar-refractivity contribution in [3.63, 3.8) is 0 Å². The number of amides is 2. The van der Waals surface area contributed by atoms with E-state index < -0.39 is 0 Å². The van der Waals surface area contributed by atoms with Crippen molar-refractivity contribution in [1.29, 1.82) is 0 Å². The van der Waals surface area contributed by atoms with Crippen molar-refractivity contribution in [3.8, 4) is 0 Å². The molecule has 2 aromatic carbocycles. The highest BCUT2D eigenvalue weighted by Crippen LogP contribution is 2.34. The van der Waals surface area contributed by atoms with E-state index in [2.05, 4.69) is 25.8 Å². The second kappa shape index (κ2) is 6.72. The predicted molar refractivity (Wildman–Crippen MR) is 109 cm³/mol. The molecule has 5 rings (SSSR count). The number of thiazole rings is 1. The fourth-order valence-corrected chi connectivity index (χ4v) is 4.07. The Kier molecular flexibility index (Phi) is 4.05. The number of fused-ring (bicyclic) bond motifs is 2. The Morgan fingerprint density at radius 2 is 1.93 bits per heavy atom. The molecule has 1 saturated carbocycles. The number of nitrogens with zero attached hydrogens (tertiary/aromatic N) is 2. The molecule has 0 spiro atoms. The Morgan fingerprint density at radius 1 is 1.11 bits per heavy atom. The molecule has 0 unspecified atom stereocenters. The molecule has 1 fully saturated rings. The summed E-state index contributed by atoms with van der Waals surface area (Å²) in [5.41, 5.74) is 1.51. The van der Waals surface area contributed by atoms with Crippen LogP contribution >= 0.6 is 11.3 Å². The molecule has 140 valence electrons. The molecule has 0 radical (unpaired) electrons. The van der Waals surface area contributed by atoms with Crippen molar-refractivity contribution in [1.82, 2.24) is 15.2 Å². The van der Waals surface area contributed by atoms with Crippen LogP contribution in [0.15, 0.2) is 42.5 Å². The third kappa shape index (κ3) is 3.22. The van der Waals surface area contributed by atoms with Crippen molar-refractivity contribution >= 4 is 55.2 Å². The number of hydrogen-bond acceptors (Lipinski definition) is 5. The van der Waals surface area contributed by atoms with Gasteiger partial charge < -0.3 is 10.6 Å². The summed E-state index contributed by atoms with van der Waals surface area (Å²) in [6, 6.07) is 13.9. The predicted octanol–water partition coefficient (Wildman–Crippen LogP) is 3.70. The van der Waals surface area contributed by atoms with Crippen LogP contribution in [0.2, 0.25) is 0 Å². The first-order chi connectivity index (χ1) is 13.7. The SMILES string of the molecule is O=C(Cc1cccc2ccccc12)Nc1n[nH]c2nc(NC(=O)C3CC3)sc12. The molecule has 8 heteroatoms. The van der Waals surface area contributed by atoms with E-state index >= 15 is 0 Å². The highest BCUT2D eigenvalue weighted by atomic mass is 32.1. The zero-order chi connectivity index (χ0) is 19.1. The molecule has 2 amide bonds. The minimum atomic E-state index is -0.151. The number of nitrogens with one attached hydrogen (secondary N) is 3. The average Bonchev–Trinajstić information content (AvgIpc) is 3.38. The number of aromatic nitrogens is 3. The topological polar surface area (TPSA) is 99.8 Å². The number of rotatable bonds is 5. The van der Waals surface area contributed by atoms with Gasteiger partial charge >= 0.3 is 0 Å². The smallest absolute Gasteiger partial charge is 0.230 e. The van der Waals surface area contributed by atoms with Gasteiger partial charge in [0.15, 0.2) is 16.6 Å². The zero-order valence-corrected chi connectivity index (χ0v) is 15.7. The first-order valence-electron chi connectivity index (χ1n) is 9.09. The van der Waals surface area contributed by atoms with Crippen molar-refractivity contribution in [3.05, 3.63) is 48.0 Å². The minimum Gasteiger partial charge on any atom is -0.308 e. The molecule has 0 bridgehead atoms. The number of benzene rings is 2. The first kappa shape index (κ1) is 16.9. The molecule has 1 aliphatic rings. The number of aromatic amines is 1. The highest BCUT2D eigenvalue weighted by molar-refractivity contribution is 7.22. The second-order valence-electron chi connectivity index (χ2n) is 6.90. The summed E-state index contributed by atoms with van der Waals surface area (Å²) in [5.74, 6) is 0.400. The number of hydrogen-bond donors (Lipinski definition) is 3. The van der Waals surface area contributed by atoms with Gasteiger partial charge in [0.2, 0.25) is 11.8 Å². The first-order valence-corrected chi connectivity index (χ1v) is 9.91. The van der Waals surface area contributed by atoms with Gasteiger partial charge in [-0.25, -0.2) is 4.98 Å². The van der Waals surface area contributed by atoms with Gasteiger partial charge in [0, 0.05) is 5.92 Å². The van der Waals surface area contributed by atoms with Gasteiger partial charge in [-0.05, 0) is 29.2 Å². The molecule has 0 atom stereocenters. The summed E-state index contributed by atoms with van der Waals surface area (Å²) in [6.07, 6.45) is 2.12. The van der Waals surface area contributed by atoms with E-state index in [1.165, 1.54) is 11.3 Å². The fourth-order valence-electron chi connectivity index (χ4n) is 3.20. The quantitative estimate of drug-likeness (QED) is 0.483. The maximum absolute atomic E-state index is 12.6. The van der Waals surface area contributed by atoms with Crippen molar-refractivity contribution in [2.45, 2.75) is 19.3 Å². The largest absolute Gasteiger partial charge is 0.308 e. The Labute approximate surface area is 164 Å². The van der Waals surface area contributed by atoms with Crippen LogP contribution in [0.25, 0.3) is 21.1 Å². The van der Waals surface area contributed by atoms with E-state index in [-0.39, 0.29) is 24.2 Å². The highest BCUT2D eigenvalue weighted by Gasteiger charge is 2.30. The summed E-state index contributed by atoms with van der Waals surface area (Å²) in [6.45, 7) is 0. The Morgan fingerprint density at radius 3 is 2.79 bits per heavy atom. The molecule has 3 N–H and O–H groups in total. The maximum Gasteiger partial charge on any atom is 0.230 e. The molecular weight excluding hydrogens is 374 g/mol. The van der Waals surface area contributed by atoms with Crippen LogP contribution in [0.4, 0.5) is 10.9 Å². The monoisotopic (exact) mass is 391 g/mol. The molecule has 1 aliphatic carbocycles. The zero-order valence-electron chi connectivity index (χ0n) is 14.9. The number of H-pyrrole nitrogens is 1. The standard InChI is InChI=1S/C20H17N5O2S/c26-15(10-13-6-3-5-11-4-1-2-7-14(11)13)21-17-16-18(25-24-17)22-20(28-16)23-19(27)12-8-9-12/h1-7,12H,8-10H2,(H3,21,22,23,24,25,26,27). The Hall–Kier alpha value is -3.26. The van der Waals surface area contributed by atoms with Gasteiger partial charge in [-0.3, -0.25) is 14.7 Å². The number of carbonyl (C=O) groups excluding carboxylic acids is 2. The Bertz CT molecular complexity index is 1200. The normalized spacial score (nSPS) is 13.7. The van der Waals surface area contributed by atoms with Crippen LogP contribution in [0.3, 0.4) is 0 Å². The van der Waals surface area contributed by atoms with Crippen LogP contribution in [-0.2, 0) is 16.0 Å². The summed E-state index contributed by atoms with van der Waals surface area (Å²) in [4.78, 5) is 28.8.